The molecule has 0 radical (unpaired) electrons. The van der Waals surface area contributed by atoms with Crippen molar-refractivity contribution in [2.24, 2.45) is 15.9 Å². The van der Waals surface area contributed by atoms with E-state index in [4.69, 9.17) is 9.47 Å². The number of benzene rings is 1. The monoisotopic (exact) mass is 355 g/mol. The normalized spacial score (nSPS) is 16.3. The largest absolute Gasteiger partial charge is 0.459 e. The fourth-order valence-corrected chi connectivity index (χ4v) is 3.29. The third kappa shape index (κ3) is 4.02. The van der Waals surface area contributed by atoms with Gasteiger partial charge in [0.05, 0.1) is 36.5 Å². The Morgan fingerprint density at radius 3 is 2.81 bits per heavy atom. The molecule has 1 aromatic heterocycles. The molecule has 0 saturated heterocycles. The van der Waals surface area contributed by atoms with Gasteiger partial charge in [-0.2, -0.15) is 0 Å². The lowest BCUT2D eigenvalue weighted by Gasteiger charge is -2.17. The molecule has 0 spiro atoms. The van der Waals surface area contributed by atoms with Crippen molar-refractivity contribution in [2.45, 2.75) is 26.4 Å². The van der Waals surface area contributed by atoms with Crippen molar-refractivity contribution in [2.75, 3.05) is 26.8 Å². The molecule has 0 N–H and O–H groups in total. The van der Waals surface area contributed by atoms with Gasteiger partial charge >= 0.3 is 5.97 Å². The molecule has 138 valence electrons. The van der Waals surface area contributed by atoms with E-state index in [0.717, 1.165) is 23.2 Å². The van der Waals surface area contributed by atoms with Crippen LogP contribution >= 0.6 is 0 Å². The minimum Gasteiger partial charge on any atom is -0.459 e. The summed E-state index contributed by atoms with van der Waals surface area (Å²) >= 11 is 0. The van der Waals surface area contributed by atoms with Crippen molar-refractivity contribution in [3.63, 3.8) is 0 Å². The van der Waals surface area contributed by atoms with Crippen molar-refractivity contribution in [3.8, 4) is 0 Å². The number of esters is 1. The molecule has 6 nitrogen and oxygen atoms in total. The van der Waals surface area contributed by atoms with Crippen LogP contribution in [0.2, 0.25) is 0 Å². The predicted octanol–water partition coefficient (Wildman–Crippen LogP) is 3.19. The van der Waals surface area contributed by atoms with E-state index in [0.29, 0.717) is 31.2 Å². The lowest BCUT2D eigenvalue weighted by atomic mass is 10.1. The van der Waals surface area contributed by atoms with Crippen LogP contribution in [0.25, 0.3) is 10.9 Å². The highest BCUT2D eigenvalue weighted by atomic mass is 16.5. The molecule has 0 aliphatic carbocycles. The number of carbonyl (C=O) groups is 1. The lowest BCUT2D eigenvalue weighted by molar-refractivity contribution is 0.0259. The van der Waals surface area contributed by atoms with Gasteiger partial charge in [-0.05, 0) is 25.3 Å². The number of aromatic nitrogens is 1. The fourth-order valence-electron chi connectivity index (χ4n) is 3.29. The Labute approximate surface area is 153 Å². The Morgan fingerprint density at radius 1 is 1.27 bits per heavy atom. The van der Waals surface area contributed by atoms with Crippen LogP contribution in [0.3, 0.4) is 0 Å². The van der Waals surface area contributed by atoms with Crippen LogP contribution in [0.4, 0.5) is 0 Å². The Hall–Kier alpha value is -2.47. The molecule has 1 aromatic carbocycles. The molecule has 6 heteroatoms. The van der Waals surface area contributed by atoms with Crippen molar-refractivity contribution < 1.29 is 14.3 Å². The van der Waals surface area contributed by atoms with Crippen LogP contribution in [0, 0.1) is 5.92 Å². The summed E-state index contributed by atoms with van der Waals surface area (Å²) in [5.74, 6) is 0.760. The first-order chi connectivity index (χ1) is 12.6. The smallest absolute Gasteiger partial charge is 0.340 e. The van der Waals surface area contributed by atoms with Crippen LogP contribution in [0.1, 0.15) is 30.6 Å². The van der Waals surface area contributed by atoms with Crippen LogP contribution < -0.4 is 0 Å². The highest BCUT2D eigenvalue weighted by Crippen LogP contribution is 2.23. The zero-order valence-corrected chi connectivity index (χ0v) is 15.5. The second kappa shape index (κ2) is 8.27. The number of methoxy groups -OCH3 is 1. The van der Waals surface area contributed by atoms with E-state index >= 15 is 0 Å². The molecule has 1 aliphatic heterocycles. The van der Waals surface area contributed by atoms with E-state index in [-0.39, 0.29) is 12.1 Å². The number of ether oxygens (including phenoxy) is 2. The van der Waals surface area contributed by atoms with E-state index in [1.165, 1.54) is 0 Å². The van der Waals surface area contributed by atoms with Gasteiger partial charge in [0.25, 0.3) is 0 Å². The number of para-hydroxylation sites is 1. The van der Waals surface area contributed by atoms with Crippen LogP contribution in [-0.2, 0) is 9.47 Å². The third-order valence-corrected chi connectivity index (χ3v) is 4.38. The highest BCUT2D eigenvalue weighted by Gasteiger charge is 2.21. The summed E-state index contributed by atoms with van der Waals surface area (Å²) in [4.78, 5) is 21.6. The molecular weight excluding hydrogens is 330 g/mol. The standard InChI is InChI=1S/C20H25N3O3/c1-14(13-25-3)10-15(2)26-20(24)17-12-23(19-11-21-8-9-22-19)18-7-5-4-6-16(17)18/h4-7,11-12,14-15H,8-10,13H2,1-3H3. The van der Waals surface area contributed by atoms with Crippen LogP contribution in [0.5, 0.6) is 0 Å². The predicted molar refractivity (Wildman–Crippen MR) is 104 cm³/mol. The molecule has 0 amide bonds. The number of hydrogen-bond donors (Lipinski definition) is 0. The maximum Gasteiger partial charge on any atom is 0.340 e. The molecule has 0 bridgehead atoms. The van der Waals surface area contributed by atoms with E-state index < -0.39 is 0 Å². The summed E-state index contributed by atoms with van der Waals surface area (Å²) in [7, 11) is 1.68. The molecule has 2 heterocycles. The molecule has 2 unspecified atom stereocenters. The summed E-state index contributed by atoms with van der Waals surface area (Å²) in [6.45, 7) is 6.02. The Bertz CT molecular complexity index is 838. The maximum atomic E-state index is 12.8. The van der Waals surface area contributed by atoms with Gasteiger partial charge in [0.15, 0.2) is 5.84 Å². The van der Waals surface area contributed by atoms with Crippen molar-refractivity contribution in [1.29, 1.82) is 0 Å². The molecule has 2 aromatic rings. The fraction of sp³-hybridized carbons (Fsp3) is 0.450. The SMILES string of the molecule is COCC(C)CC(C)OC(=O)c1cn(C2=NCCN=C2)c2ccccc12. The zero-order chi connectivity index (χ0) is 18.5. The average Bonchev–Trinajstić information content (AvgIpc) is 3.02. The quantitative estimate of drug-likeness (QED) is 0.748. The van der Waals surface area contributed by atoms with Gasteiger partial charge in [-0.25, -0.2) is 4.79 Å². The second-order valence-corrected chi connectivity index (χ2v) is 6.72. The molecular formula is C20H25N3O3. The van der Waals surface area contributed by atoms with Gasteiger partial charge < -0.3 is 9.47 Å². The van der Waals surface area contributed by atoms with Crippen LogP contribution in [0.15, 0.2) is 40.4 Å². The second-order valence-electron chi connectivity index (χ2n) is 6.72. The average molecular weight is 355 g/mol. The first kappa shape index (κ1) is 18.3. The number of aliphatic imine (C=N–C) groups is 2. The van der Waals surface area contributed by atoms with Gasteiger partial charge in [0.1, 0.15) is 0 Å². The van der Waals surface area contributed by atoms with Gasteiger partial charge in [-0.1, -0.05) is 25.1 Å². The Kier molecular flexibility index (Phi) is 5.83. The summed E-state index contributed by atoms with van der Waals surface area (Å²) in [6, 6.07) is 7.77. The minimum absolute atomic E-state index is 0.177. The number of fused-ring (bicyclic) bond motifs is 1. The highest BCUT2D eigenvalue weighted by molar-refractivity contribution is 6.32. The van der Waals surface area contributed by atoms with Crippen LogP contribution in [-0.4, -0.2) is 55.5 Å². The third-order valence-electron chi connectivity index (χ3n) is 4.38. The molecule has 2 atom stereocenters. The molecule has 26 heavy (non-hydrogen) atoms. The minimum atomic E-state index is -0.314. The van der Waals surface area contributed by atoms with E-state index in [1.807, 2.05) is 35.8 Å². The van der Waals surface area contributed by atoms with Gasteiger partial charge in [-0.15, -0.1) is 0 Å². The summed E-state index contributed by atoms with van der Waals surface area (Å²) in [5, 5.41) is 0.858. The van der Waals surface area contributed by atoms with Crippen molar-refractivity contribution in [3.05, 3.63) is 36.0 Å². The molecule has 3 rings (SSSR count). The number of rotatable bonds is 6. The lowest BCUT2D eigenvalue weighted by Crippen LogP contribution is -2.20. The summed E-state index contributed by atoms with van der Waals surface area (Å²) < 4.78 is 12.7. The zero-order valence-electron chi connectivity index (χ0n) is 15.5. The van der Waals surface area contributed by atoms with Gasteiger partial charge in [0, 0.05) is 25.3 Å². The number of hydrogen-bond acceptors (Lipinski definition) is 5. The topological polar surface area (TPSA) is 65.2 Å². The van der Waals surface area contributed by atoms with E-state index in [2.05, 4.69) is 16.9 Å². The molecule has 1 aliphatic rings. The number of carbonyl (C=O) groups excluding carboxylic acids is 1. The Morgan fingerprint density at radius 2 is 2.08 bits per heavy atom. The van der Waals surface area contributed by atoms with E-state index in [1.54, 1.807) is 19.5 Å². The first-order valence-electron chi connectivity index (χ1n) is 8.94. The first-order valence-corrected chi connectivity index (χ1v) is 8.94. The van der Waals surface area contributed by atoms with Crippen molar-refractivity contribution >= 4 is 28.9 Å². The maximum absolute atomic E-state index is 12.8. The summed E-state index contributed by atoms with van der Waals surface area (Å²) in [6.07, 6.45) is 4.13. The Balaban J connectivity index is 1.84. The van der Waals surface area contributed by atoms with Gasteiger partial charge in [-0.3, -0.25) is 14.6 Å². The van der Waals surface area contributed by atoms with Gasteiger partial charge in [0.2, 0.25) is 0 Å². The molecule has 0 fully saturated rings. The molecule has 0 saturated carbocycles. The number of nitrogens with zero attached hydrogens (tertiary/aromatic N) is 3. The van der Waals surface area contributed by atoms with E-state index in [9.17, 15) is 4.79 Å². The summed E-state index contributed by atoms with van der Waals surface area (Å²) in [5.41, 5.74) is 1.47. The van der Waals surface area contributed by atoms with Crippen molar-refractivity contribution in [1.82, 2.24) is 4.57 Å².